The standard InChI is InChI=1S/C10H11BrF2N2O2/c1-2-17-6(16)3-5-4-15-9(11)7(8(5)14)10(12)13/h4,10H,2-3H2,1H3,(H2,14,15). The number of carbonyl (C=O) groups is 1. The maximum absolute atomic E-state index is 12.7. The summed E-state index contributed by atoms with van der Waals surface area (Å²) in [7, 11) is 0. The fourth-order valence-electron chi connectivity index (χ4n) is 1.27. The summed E-state index contributed by atoms with van der Waals surface area (Å²) >= 11 is 2.89. The Morgan fingerprint density at radius 1 is 1.65 bits per heavy atom. The first-order valence-electron chi connectivity index (χ1n) is 4.83. The summed E-state index contributed by atoms with van der Waals surface area (Å²) < 4.78 is 30.1. The molecule has 2 N–H and O–H groups in total. The number of nitrogens with zero attached hydrogens (tertiary/aromatic N) is 1. The van der Waals surface area contributed by atoms with Crippen LogP contribution in [0.4, 0.5) is 14.5 Å². The molecule has 0 fully saturated rings. The fraction of sp³-hybridized carbons (Fsp3) is 0.400. The van der Waals surface area contributed by atoms with Crippen molar-refractivity contribution < 1.29 is 18.3 Å². The second-order valence-corrected chi connectivity index (χ2v) is 3.94. The summed E-state index contributed by atoms with van der Waals surface area (Å²) in [5.74, 6) is -0.525. The molecule has 0 bridgehead atoms. The summed E-state index contributed by atoms with van der Waals surface area (Å²) in [5, 5.41) is 0. The fourth-order valence-corrected chi connectivity index (χ4v) is 1.76. The average Bonchev–Trinajstić information content (AvgIpc) is 2.22. The first-order chi connectivity index (χ1) is 7.97. The lowest BCUT2D eigenvalue weighted by atomic mass is 10.1. The zero-order valence-electron chi connectivity index (χ0n) is 9.04. The topological polar surface area (TPSA) is 65.2 Å². The van der Waals surface area contributed by atoms with Crippen LogP contribution in [0.25, 0.3) is 0 Å². The lowest BCUT2D eigenvalue weighted by molar-refractivity contribution is -0.142. The number of nitrogen functional groups attached to an aromatic ring is 1. The Hall–Kier alpha value is -1.24. The highest BCUT2D eigenvalue weighted by Crippen LogP contribution is 2.33. The predicted octanol–water partition coefficient (Wildman–Crippen LogP) is 2.47. The van der Waals surface area contributed by atoms with Crippen LogP contribution in [0.5, 0.6) is 0 Å². The lowest BCUT2D eigenvalue weighted by Crippen LogP contribution is -2.11. The Kier molecular flexibility index (Phi) is 4.80. The Morgan fingerprint density at radius 3 is 2.82 bits per heavy atom. The highest BCUT2D eigenvalue weighted by Gasteiger charge is 2.20. The van der Waals surface area contributed by atoms with E-state index in [1.165, 1.54) is 6.20 Å². The smallest absolute Gasteiger partial charge is 0.310 e. The van der Waals surface area contributed by atoms with Gasteiger partial charge in [0.05, 0.1) is 18.6 Å². The van der Waals surface area contributed by atoms with Crippen molar-refractivity contribution in [1.82, 2.24) is 4.98 Å². The van der Waals surface area contributed by atoms with E-state index in [-0.39, 0.29) is 28.9 Å². The van der Waals surface area contributed by atoms with Crippen LogP contribution in [0.1, 0.15) is 24.5 Å². The van der Waals surface area contributed by atoms with Gasteiger partial charge >= 0.3 is 5.97 Å². The number of anilines is 1. The highest BCUT2D eigenvalue weighted by molar-refractivity contribution is 9.10. The Bertz CT molecular complexity index is 427. The number of halogens is 3. The van der Waals surface area contributed by atoms with Crippen molar-refractivity contribution in [3.8, 4) is 0 Å². The van der Waals surface area contributed by atoms with Gasteiger partial charge in [-0.15, -0.1) is 0 Å². The van der Waals surface area contributed by atoms with Crippen molar-refractivity contribution in [2.75, 3.05) is 12.3 Å². The van der Waals surface area contributed by atoms with Crippen molar-refractivity contribution in [1.29, 1.82) is 0 Å². The first kappa shape index (κ1) is 13.8. The molecule has 7 heteroatoms. The molecule has 1 aromatic rings. The summed E-state index contributed by atoms with van der Waals surface area (Å²) in [6.45, 7) is 1.88. The van der Waals surface area contributed by atoms with Gasteiger partial charge in [0.2, 0.25) is 0 Å². The minimum Gasteiger partial charge on any atom is -0.466 e. The minimum atomic E-state index is -2.75. The van der Waals surface area contributed by atoms with Crippen molar-refractivity contribution in [3.05, 3.63) is 21.9 Å². The average molecular weight is 309 g/mol. The predicted molar refractivity (Wildman–Crippen MR) is 61.6 cm³/mol. The third-order valence-corrected chi connectivity index (χ3v) is 2.68. The SMILES string of the molecule is CCOC(=O)Cc1cnc(Br)c(C(F)F)c1N. The normalized spacial score (nSPS) is 10.6. The molecule has 1 heterocycles. The number of rotatable bonds is 4. The van der Waals surface area contributed by atoms with Gasteiger partial charge < -0.3 is 10.5 Å². The van der Waals surface area contributed by atoms with Gasteiger partial charge in [-0.3, -0.25) is 4.79 Å². The van der Waals surface area contributed by atoms with Gasteiger partial charge in [0, 0.05) is 17.4 Å². The summed E-state index contributed by atoms with van der Waals surface area (Å²) in [5.41, 5.74) is 5.28. The van der Waals surface area contributed by atoms with Gasteiger partial charge in [-0.2, -0.15) is 0 Å². The molecule has 1 rings (SSSR count). The molecule has 0 unspecified atom stereocenters. The minimum absolute atomic E-state index is 0.0161. The molecule has 0 aliphatic carbocycles. The number of hydrogen-bond donors (Lipinski definition) is 1. The molecule has 0 atom stereocenters. The van der Waals surface area contributed by atoms with Gasteiger partial charge in [-0.05, 0) is 22.9 Å². The van der Waals surface area contributed by atoms with Crippen molar-refractivity contribution >= 4 is 27.6 Å². The van der Waals surface area contributed by atoms with Gasteiger partial charge in [-0.1, -0.05) is 0 Å². The quantitative estimate of drug-likeness (QED) is 0.685. The van der Waals surface area contributed by atoms with Crippen LogP contribution in [0.3, 0.4) is 0 Å². The van der Waals surface area contributed by atoms with E-state index >= 15 is 0 Å². The molecule has 0 radical (unpaired) electrons. The molecule has 17 heavy (non-hydrogen) atoms. The molecule has 0 aliphatic rings. The van der Waals surface area contributed by atoms with Gasteiger partial charge in [0.1, 0.15) is 4.60 Å². The van der Waals surface area contributed by atoms with E-state index in [2.05, 4.69) is 20.9 Å². The maximum atomic E-state index is 12.7. The molecular weight excluding hydrogens is 298 g/mol. The number of hydrogen-bond acceptors (Lipinski definition) is 4. The zero-order chi connectivity index (χ0) is 13.0. The van der Waals surface area contributed by atoms with E-state index in [0.29, 0.717) is 0 Å². The van der Waals surface area contributed by atoms with E-state index in [1.807, 2.05) is 0 Å². The maximum Gasteiger partial charge on any atom is 0.310 e. The second kappa shape index (κ2) is 5.90. The number of nitrogens with two attached hydrogens (primary N) is 1. The van der Waals surface area contributed by atoms with Crippen LogP contribution in [0, 0.1) is 0 Å². The zero-order valence-corrected chi connectivity index (χ0v) is 10.6. The number of pyridine rings is 1. The number of ether oxygens (including phenoxy) is 1. The van der Waals surface area contributed by atoms with Crippen molar-refractivity contribution in [2.24, 2.45) is 0 Å². The molecule has 0 spiro atoms. The first-order valence-corrected chi connectivity index (χ1v) is 5.63. The molecule has 1 aromatic heterocycles. The van der Waals surface area contributed by atoms with Gasteiger partial charge in [0.15, 0.2) is 0 Å². The van der Waals surface area contributed by atoms with E-state index < -0.39 is 18.0 Å². The summed E-state index contributed by atoms with van der Waals surface area (Å²) in [6.07, 6.45) is -1.64. The van der Waals surface area contributed by atoms with Crippen LogP contribution in [-0.4, -0.2) is 17.6 Å². The molecule has 4 nitrogen and oxygen atoms in total. The summed E-state index contributed by atoms with van der Waals surface area (Å²) in [4.78, 5) is 14.9. The van der Waals surface area contributed by atoms with Crippen LogP contribution in [0.2, 0.25) is 0 Å². The van der Waals surface area contributed by atoms with E-state index in [0.717, 1.165) is 0 Å². The number of carbonyl (C=O) groups excluding carboxylic acids is 1. The molecule has 0 aromatic carbocycles. The molecule has 0 amide bonds. The largest absolute Gasteiger partial charge is 0.466 e. The van der Waals surface area contributed by atoms with Crippen molar-refractivity contribution in [3.63, 3.8) is 0 Å². The van der Waals surface area contributed by atoms with E-state index in [1.54, 1.807) is 6.92 Å². The van der Waals surface area contributed by atoms with E-state index in [9.17, 15) is 13.6 Å². The third kappa shape index (κ3) is 3.36. The number of aromatic nitrogens is 1. The van der Waals surface area contributed by atoms with E-state index in [4.69, 9.17) is 10.5 Å². The Balaban J connectivity index is 3.02. The van der Waals surface area contributed by atoms with Gasteiger partial charge in [-0.25, -0.2) is 13.8 Å². The van der Waals surface area contributed by atoms with Crippen LogP contribution in [-0.2, 0) is 16.0 Å². The molecular formula is C10H11BrF2N2O2. The monoisotopic (exact) mass is 308 g/mol. The highest BCUT2D eigenvalue weighted by atomic mass is 79.9. The molecule has 0 saturated carbocycles. The van der Waals surface area contributed by atoms with Crippen molar-refractivity contribution in [2.45, 2.75) is 19.8 Å². The molecule has 0 saturated heterocycles. The van der Waals surface area contributed by atoms with Crippen LogP contribution >= 0.6 is 15.9 Å². The second-order valence-electron chi connectivity index (χ2n) is 3.18. The molecule has 0 aliphatic heterocycles. The summed E-state index contributed by atoms with van der Waals surface area (Å²) in [6, 6.07) is 0. The Labute approximate surface area is 105 Å². The molecule has 94 valence electrons. The number of esters is 1. The van der Waals surface area contributed by atoms with Gasteiger partial charge in [0.25, 0.3) is 6.43 Å². The Morgan fingerprint density at radius 2 is 2.29 bits per heavy atom. The third-order valence-electron chi connectivity index (χ3n) is 2.05. The number of alkyl halides is 2. The van der Waals surface area contributed by atoms with Crippen LogP contribution < -0.4 is 5.73 Å². The van der Waals surface area contributed by atoms with Crippen LogP contribution in [0.15, 0.2) is 10.8 Å². The lowest BCUT2D eigenvalue weighted by Gasteiger charge is -2.11.